The molecule has 1 fully saturated rings. The zero-order valence-corrected chi connectivity index (χ0v) is 10.2. The maximum Gasteiger partial charge on any atom is 0.163 e. The minimum atomic E-state index is 0.345. The molecule has 0 unspecified atom stereocenters. The summed E-state index contributed by atoms with van der Waals surface area (Å²) in [5.74, 6) is 1.19. The largest absolute Gasteiger partial charge is 0.385 e. The van der Waals surface area contributed by atoms with Gasteiger partial charge in [0, 0.05) is 24.2 Å². The van der Waals surface area contributed by atoms with E-state index in [0.29, 0.717) is 5.78 Å². The van der Waals surface area contributed by atoms with Crippen molar-refractivity contribution in [2.75, 3.05) is 11.9 Å². The van der Waals surface area contributed by atoms with Crippen molar-refractivity contribution in [3.63, 3.8) is 0 Å². The van der Waals surface area contributed by atoms with E-state index in [2.05, 4.69) is 11.4 Å². The molecule has 2 aliphatic rings. The van der Waals surface area contributed by atoms with E-state index >= 15 is 0 Å². The molecule has 0 amide bonds. The Balaban J connectivity index is 1.78. The van der Waals surface area contributed by atoms with E-state index in [-0.39, 0.29) is 0 Å². The highest BCUT2D eigenvalue weighted by Crippen LogP contribution is 2.34. The number of carbonyl (C=O) groups excluding carboxylic acids is 1. The van der Waals surface area contributed by atoms with Gasteiger partial charge in [0.15, 0.2) is 5.78 Å². The van der Waals surface area contributed by atoms with Gasteiger partial charge in [-0.25, -0.2) is 0 Å². The van der Waals surface area contributed by atoms with E-state index in [4.69, 9.17) is 0 Å². The lowest BCUT2D eigenvalue weighted by Crippen LogP contribution is -2.15. The second kappa shape index (κ2) is 4.52. The highest BCUT2D eigenvalue weighted by atomic mass is 16.1. The lowest BCUT2D eigenvalue weighted by atomic mass is 9.93. The van der Waals surface area contributed by atoms with Gasteiger partial charge in [0.25, 0.3) is 0 Å². The summed E-state index contributed by atoms with van der Waals surface area (Å²) in [7, 11) is 0. The van der Waals surface area contributed by atoms with Crippen molar-refractivity contribution in [1.29, 1.82) is 0 Å². The van der Waals surface area contributed by atoms with Crippen molar-refractivity contribution in [1.82, 2.24) is 0 Å². The quantitative estimate of drug-likeness (QED) is 0.801. The van der Waals surface area contributed by atoms with E-state index < -0.39 is 0 Å². The average molecular weight is 229 g/mol. The van der Waals surface area contributed by atoms with Crippen molar-refractivity contribution >= 4 is 11.5 Å². The Morgan fingerprint density at radius 3 is 3.06 bits per heavy atom. The third kappa shape index (κ3) is 2.36. The van der Waals surface area contributed by atoms with Crippen LogP contribution in [0.5, 0.6) is 0 Å². The van der Waals surface area contributed by atoms with Crippen LogP contribution < -0.4 is 5.32 Å². The van der Waals surface area contributed by atoms with Crippen molar-refractivity contribution in [2.24, 2.45) is 5.92 Å². The third-order valence-corrected chi connectivity index (χ3v) is 3.87. The Morgan fingerprint density at radius 1 is 1.35 bits per heavy atom. The lowest BCUT2D eigenvalue weighted by molar-refractivity contribution is 0.0977. The van der Waals surface area contributed by atoms with Crippen LogP contribution in [0, 0.1) is 5.92 Å². The second-order valence-electron chi connectivity index (χ2n) is 5.27. The van der Waals surface area contributed by atoms with E-state index in [1.807, 2.05) is 12.1 Å². The average Bonchev–Trinajstić information content (AvgIpc) is 3.19. The third-order valence-electron chi connectivity index (χ3n) is 3.87. The van der Waals surface area contributed by atoms with Crippen molar-refractivity contribution in [2.45, 2.75) is 38.5 Å². The molecule has 0 aromatic heterocycles. The number of anilines is 1. The Morgan fingerprint density at radius 2 is 2.24 bits per heavy atom. The van der Waals surface area contributed by atoms with Gasteiger partial charge >= 0.3 is 0 Å². The lowest BCUT2D eigenvalue weighted by Gasteiger charge is -2.20. The number of fused-ring (bicyclic) bond motifs is 1. The van der Waals surface area contributed by atoms with Crippen molar-refractivity contribution in [3.05, 3.63) is 29.3 Å². The molecule has 1 aliphatic carbocycles. The van der Waals surface area contributed by atoms with Gasteiger partial charge in [-0.1, -0.05) is 25.0 Å². The van der Waals surface area contributed by atoms with E-state index in [1.165, 1.54) is 24.1 Å². The van der Waals surface area contributed by atoms with Crippen LogP contribution in [0.25, 0.3) is 0 Å². The first kappa shape index (κ1) is 10.8. The number of rotatable bonds is 4. The first-order chi connectivity index (χ1) is 8.34. The fourth-order valence-electron chi connectivity index (χ4n) is 2.65. The van der Waals surface area contributed by atoms with Gasteiger partial charge < -0.3 is 5.32 Å². The minimum absolute atomic E-state index is 0.345. The summed E-state index contributed by atoms with van der Waals surface area (Å²) < 4.78 is 0. The normalized spacial score (nSPS) is 18.4. The number of nitrogens with one attached hydrogen (secondary N) is 1. The summed E-state index contributed by atoms with van der Waals surface area (Å²) in [4.78, 5) is 12.2. The number of carbonyl (C=O) groups is 1. The summed E-state index contributed by atoms with van der Waals surface area (Å²) in [6.07, 6.45) is 6.69. The highest BCUT2D eigenvalue weighted by Gasteiger charge is 2.23. The number of Topliss-reactive ketones (excluding diaryl/α,β-unsaturated/α-hetero) is 1. The number of hydrogen-bond donors (Lipinski definition) is 1. The summed E-state index contributed by atoms with van der Waals surface area (Å²) in [5, 5.41) is 3.38. The summed E-state index contributed by atoms with van der Waals surface area (Å²) in [5.41, 5.74) is 3.39. The Hall–Kier alpha value is -1.31. The molecule has 0 bridgehead atoms. The Bertz CT molecular complexity index is 435. The molecule has 17 heavy (non-hydrogen) atoms. The fourth-order valence-corrected chi connectivity index (χ4v) is 2.65. The molecule has 1 aromatic carbocycles. The van der Waals surface area contributed by atoms with Crippen LogP contribution in [-0.4, -0.2) is 12.3 Å². The molecular formula is C15H19NO. The molecule has 0 spiro atoms. The van der Waals surface area contributed by atoms with Crippen LogP contribution in [0.4, 0.5) is 5.69 Å². The smallest absolute Gasteiger partial charge is 0.163 e. The topological polar surface area (TPSA) is 29.1 Å². The second-order valence-corrected chi connectivity index (χ2v) is 5.27. The van der Waals surface area contributed by atoms with Crippen molar-refractivity contribution in [3.8, 4) is 0 Å². The standard InChI is InChI=1S/C15H19NO/c17-15(9-8-11-6-7-11)13-3-1-5-14-12(13)4-2-10-16-14/h1,3,5,11,16H,2,4,6-10H2. The molecule has 2 nitrogen and oxygen atoms in total. The first-order valence-corrected chi connectivity index (χ1v) is 6.73. The maximum absolute atomic E-state index is 12.2. The molecule has 3 rings (SSSR count). The van der Waals surface area contributed by atoms with E-state index in [9.17, 15) is 4.79 Å². The summed E-state index contributed by atoms with van der Waals surface area (Å²) in [6, 6.07) is 6.09. The van der Waals surface area contributed by atoms with E-state index in [1.54, 1.807) is 0 Å². The molecule has 1 saturated carbocycles. The van der Waals surface area contributed by atoms with Gasteiger partial charge in [-0.2, -0.15) is 0 Å². The first-order valence-electron chi connectivity index (χ1n) is 6.73. The molecule has 0 radical (unpaired) electrons. The Kier molecular flexibility index (Phi) is 2.87. The SMILES string of the molecule is O=C(CCC1CC1)c1cccc2c1CCCN2. The fraction of sp³-hybridized carbons (Fsp3) is 0.533. The number of benzene rings is 1. The van der Waals surface area contributed by atoms with Gasteiger partial charge in [0.2, 0.25) is 0 Å². The van der Waals surface area contributed by atoms with Crippen LogP contribution in [0.15, 0.2) is 18.2 Å². The Labute approximate surface area is 102 Å². The molecule has 2 heteroatoms. The van der Waals surface area contributed by atoms with Gasteiger partial charge in [-0.05, 0) is 36.8 Å². The molecule has 1 N–H and O–H groups in total. The zero-order chi connectivity index (χ0) is 11.7. The summed E-state index contributed by atoms with van der Waals surface area (Å²) >= 11 is 0. The highest BCUT2D eigenvalue weighted by molar-refractivity contribution is 5.99. The minimum Gasteiger partial charge on any atom is -0.385 e. The molecule has 1 aromatic rings. The predicted octanol–water partition coefficient (Wildman–Crippen LogP) is 3.42. The molecule has 1 aliphatic heterocycles. The molecular weight excluding hydrogens is 210 g/mol. The van der Waals surface area contributed by atoms with Crippen LogP contribution in [0.2, 0.25) is 0 Å². The summed E-state index contributed by atoms with van der Waals surface area (Å²) in [6.45, 7) is 1.03. The maximum atomic E-state index is 12.2. The van der Waals surface area contributed by atoms with Crippen LogP contribution in [0.1, 0.15) is 48.0 Å². The van der Waals surface area contributed by atoms with Crippen LogP contribution >= 0.6 is 0 Å². The van der Waals surface area contributed by atoms with Crippen molar-refractivity contribution < 1.29 is 4.79 Å². The number of hydrogen-bond acceptors (Lipinski definition) is 2. The molecule has 1 heterocycles. The van der Waals surface area contributed by atoms with Crippen LogP contribution in [0.3, 0.4) is 0 Å². The van der Waals surface area contributed by atoms with Gasteiger partial charge in [0.05, 0.1) is 0 Å². The zero-order valence-electron chi connectivity index (χ0n) is 10.2. The molecule has 0 atom stereocenters. The van der Waals surface area contributed by atoms with E-state index in [0.717, 1.165) is 43.7 Å². The van der Waals surface area contributed by atoms with Gasteiger partial charge in [-0.15, -0.1) is 0 Å². The predicted molar refractivity (Wildman–Crippen MR) is 69.5 cm³/mol. The molecule has 0 saturated heterocycles. The number of ketones is 1. The van der Waals surface area contributed by atoms with Crippen LogP contribution in [-0.2, 0) is 6.42 Å². The van der Waals surface area contributed by atoms with Gasteiger partial charge in [-0.3, -0.25) is 4.79 Å². The van der Waals surface area contributed by atoms with Gasteiger partial charge in [0.1, 0.15) is 0 Å². The molecule has 90 valence electrons. The monoisotopic (exact) mass is 229 g/mol.